The lowest BCUT2D eigenvalue weighted by molar-refractivity contribution is 0.0952. The molecule has 0 aliphatic heterocycles. The van der Waals surface area contributed by atoms with Crippen molar-refractivity contribution in [1.82, 2.24) is 19.8 Å². The van der Waals surface area contributed by atoms with E-state index in [1.807, 2.05) is 21.0 Å². The molecule has 0 radical (unpaired) electrons. The predicted molar refractivity (Wildman–Crippen MR) is 99.2 cm³/mol. The minimum atomic E-state index is -0.436. The Labute approximate surface area is 146 Å². The van der Waals surface area contributed by atoms with Gasteiger partial charge in [-0.15, -0.1) is 0 Å². The van der Waals surface area contributed by atoms with Crippen LogP contribution in [0.25, 0.3) is 10.9 Å². The van der Waals surface area contributed by atoms with Gasteiger partial charge in [0.05, 0.1) is 10.9 Å². The van der Waals surface area contributed by atoms with E-state index in [4.69, 9.17) is 0 Å². The van der Waals surface area contributed by atoms with Gasteiger partial charge >= 0.3 is 5.69 Å². The molecule has 2 rings (SSSR count). The fourth-order valence-corrected chi connectivity index (χ4v) is 2.61. The highest BCUT2D eigenvalue weighted by molar-refractivity contribution is 5.97. The lowest BCUT2D eigenvalue weighted by Gasteiger charge is -2.10. The number of fused-ring (bicyclic) bond motifs is 1. The molecule has 0 aliphatic carbocycles. The average molecular weight is 346 g/mol. The molecule has 1 aromatic heterocycles. The van der Waals surface area contributed by atoms with E-state index in [9.17, 15) is 14.4 Å². The molecule has 0 spiro atoms. The summed E-state index contributed by atoms with van der Waals surface area (Å²) >= 11 is 0. The normalized spacial score (nSPS) is 11.2. The van der Waals surface area contributed by atoms with Gasteiger partial charge < -0.3 is 15.2 Å². The Hall–Kier alpha value is -2.41. The summed E-state index contributed by atoms with van der Waals surface area (Å²) in [4.78, 5) is 41.5. The van der Waals surface area contributed by atoms with Crippen LogP contribution in [0.1, 0.15) is 36.5 Å². The maximum Gasteiger partial charge on any atom is 0.328 e. The first kappa shape index (κ1) is 18.9. The maximum atomic E-state index is 12.4. The van der Waals surface area contributed by atoms with E-state index in [1.165, 1.54) is 4.57 Å². The number of rotatable bonds is 8. The van der Waals surface area contributed by atoms with Crippen LogP contribution in [0, 0.1) is 0 Å². The predicted octanol–water partition coefficient (Wildman–Crippen LogP) is 1.17. The van der Waals surface area contributed by atoms with Gasteiger partial charge in [-0.3, -0.25) is 14.2 Å². The van der Waals surface area contributed by atoms with Gasteiger partial charge in [-0.25, -0.2) is 4.79 Å². The fourth-order valence-electron chi connectivity index (χ4n) is 2.61. The number of nitrogens with zero attached hydrogens (tertiary/aromatic N) is 2. The molecule has 0 unspecified atom stereocenters. The monoisotopic (exact) mass is 346 g/mol. The lowest BCUT2D eigenvalue weighted by atomic mass is 10.1. The third-order valence-corrected chi connectivity index (χ3v) is 4.05. The van der Waals surface area contributed by atoms with Gasteiger partial charge in [-0.1, -0.05) is 13.3 Å². The number of H-pyrrole nitrogens is 1. The Kier molecular flexibility index (Phi) is 6.52. The van der Waals surface area contributed by atoms with Gasteiger partial charge in [0, 0.05) is 18.7 Å². The fraction of sp³-hybridized carbons (Fsp3) is 0.500. The molecule has 0 atom stereocenters. The van der Waals surface area contributed by atoms with E-state index in [2.05, 4.69) is 15.2 Å². The number of hydrogen-bond acceptors (Lipinski definition) is 4. The lowest BCUT2D eigenvalue weighted by Crippen LogP contribution is -2.35. The molecule has 136 valence electrons. The zero-order chi connectivity index (χ0) is 18.4. The molecule has 1 amide bonds. The van der Waals surface area contributed by atoms with Crippen LogP contribution in [0.2, 0.25) is 0 Å². The molecular weight excluding hydrogens is 320 g/mol. The van der Waals surface area contributed by atoms with Gasteiger partial charge in [0.1, 0.15) is 0 Å². The first-order chi connectivity index (χ1) is 11.9. The van der Waals surface area contributed by atoms with E-state index in [0.717, 1.165) is 25.8 Å². The number of amides is 1. The average Bonchev–Trinajstić information content (AvgIpc) is 2.57. The molecule has 2 aromatic rings. The molecule has 0 bridgehead atoms. The van der Waals surface area contributed by atoms with Gasteiger partial charge in [0.25, 0.3) is 11.5 Å². The SMILES string of the molecule is CCCCn1c(=O)[nH]c2cc(C(=O)NCCCN(C)C)ccc2c1=O. The summed E-state index contributed by atoms with van der Waals surface area (Å²) in [5.41, 5.74) is 0.0713. The highest BCUT2D eigenvalue weighted by Gasteiger charge is 2.11. The minimum Gasteiger partial charge on any atom is -0.352 e. The highest BCUT2D eigenvalue weighted by Crippen LogP contribution is 2.09. The Balaban J connectivity index is 2.21. The van der Waals surface area contributed by atoms with Gasteiger partial charge in [0.2, 0.25) is 0 Å². The summed E-state index contributed by atoms with van der Waals surface area (Å²) in [6.45, 7) is 3.87. The number of benzene rings is 1. The number of nitrogens with one attached hydrogen (secondary N) is 2. The summed E-state index contributed by atoms with van der Waals surface area (Å²) in [5.74, 6) is -0.211. The van der Waals surface area contributed by atoms with Crippen LogP contribution in [0.15, 0.2) is 27.8 Å². The van der Waals surface area contributed by atoms with E-state index in [-0.39, 0.29) is 11.5 Å². The summed E-state index contributed by atoms with van der Waals surface area (Å²) < 4.78 is 1.22. The van der Waals surface area contributed by atoms with Crippen LogP contribution in [-0.2, 0) is 6.54 Å². The van der Waals surface area contributed by atoms with Crippen molar-refractivity contribution in [2.75, 3.05) is 27.2 Å². The smallest absolute Gasteiger partial charge is 0.328 e. The Morgan fingerprint density at radius 1 is 1.24 bits per heavy atom. The molecule has 0 aliphatic rings. The number of carbonyl (C=O) groups excluding carboxylic acids is 1. The Morgan fingerprint density at radius 2 is 2.00 bits per heavy atom. The molecule has 7 heteroatoms. The second-order valence-corrected chi connectivity index (χ2v) is 6.41. The van der Waals surface area contributed by atoms with Crippen molar-refractivity contribution < 1.29 is 4.79 Å². The van der Waals surface area contributed by atoms with Crippen molar-refractivity contribution in [2.24, 2.45) is 0 Å². The topological polar surface area (TPSA) is 87.2 Å². The quantitative estimate of drug-likeness (QED) is 0.703. The van der Waals surface area contributed by atoms with Crippen LogP contribution in [0.5, 0.6) is 0 Å². The number of hydrogen-bond donors (Lipinski definition) is 2. The Bertz CT molecular complexity index is 852. The highest BCUT2D eigenvalue weighted by atomic mass is 16.2. The number of aromatic amines is 1. The van der Waals surface area contributed by atoms with Crippen molar-refractivity contribution >= 4 is 16.8 Å². The van der Waals surface area contributed by atoms with Crippen molar-refractivity contribution in [1.29, 1.82) is 0 Å². The minimum absolute atomic E-state index is 0.211. The standard InChI is InChI=1S/C18H26N4O3/c1-4-5-11-22-17(24)14-8-7-13(12-15(14)20-18(22)25)16(23)19-9-6-10-21(2)3/h7-8,12H,4-6,9-11H2,1-3H3,(H,19,23)(H,20,25). The zero-order valence-corrected chi connectivity index (χ0v) is 15.1. The molecule has 0 fully saturated rings. The van der Waals surface area contributed by atoms with Gasteiger partial charge in [0.15, 0.2) is 0 Å². The van der Waals surface area contributed by atoms with Crippen molar-refractivity contribution in [3.63, 3.8) is 0 Å². The number of unbranched alkanes of at least 4 members (excludes halogenated alkanes) is 1. The van der Waals surface area contributed by atoms with Crippen molar-refractivity contribution in [3.05, 3.63) is 44.6 Å². The van der Waals surface area contributed by atoms with E-state index in [1.54, 1.807) is 18.2 Å². The van der Waals surface area contributed by atoms with E-state index in [0.29, 0.717) is 29.6 Å². The molecule has 0 saturated heterocycles. The summed E-state index contributed by atoms with van der Waals surface area (Å²) in [6, 6.07) is 4.78. The second kappa shape index (κ2) is 8.62. The summed E-state index contributed by atoms with van der Waals surface area (Å²) in [6.07, 6.45) is 2.52. The molecular formula is C18H26N4O3. The molecule has 2 N–H and O–H groups in total. The van der Waals surface area contributed by atoms with Crippen molar-refractivity contribution in [3.8, 4) is 0 Å². The molecule has 0 saturated carbocycles. The van der Waals surface area contributed by atoms with E-state index < -0.39 is 5.69 Å². The summed E-state index contributed by atoms with van der Waals surface area (Å²) in [7, 11) is 3.96. The van der Waals surface area contributed by atoms with E-state index >= 15 is 0 Å². The third-order valence-electron chi connectivity index (χ3n) is 4.05. The van der Waals surface area contributed by atoms with Crippen molar-refractivity contribution in [2.45, 2.75) is 32.7 Å². The Morgan fingerprint density at radius 3 is 2.68 bits per heavy atom. The second-order valence-electron chi connectivity index (χ2n) is 6.41. The molecule has 1 aromatic carbocycles. The van der Waals surface area contributed by atoms with Crippen LogP contribution in [0.4, 0.5) is 0 Å². The third kappa shape index (κ3) is 4.79. The first-order valence-electron chi connectivity index (χ1n) is 8.64. The number of carbonyl (C=O) groups is 1. The maximum absolute atomic E-state index is 12.4. The van der Waals surface area contributed by atoms with Crippen LogP contribution >= 0.6 is 0 Å². The van der Waals surface area contributed by atoms with Crippen LogP contribution in [-0.4, -0.2) is 47.5 Å². The summed E-state index contributed by atoms with van der Waals surface area (Å²) in [5, 5.41) is 3.26. The largest absolute Gasteiger partial charge is 0.352 e. The van der Waals surface area contributed by atoms with Crippen LogP contribution in [0.3, 0.4) is 0 Å². The number of aromatic nitrogens is 2. The van der Waals surface area contributed by atoms with Gasteiger partial charge in [-0.2, -0.15) is 0 Å². The molecule has 25 heavy (non-hydrogen) atoms. The first-order valence-corrected chi connectivity index (χ1v) is 8.64. The zero-order valence-electron chi connectivity index (χ0n) is 15.1. The molecule has 7 nitrogen and oxygen atoms in total. The molecule has 1 heterocycles. The van der Waals surface area contributed by atoms with Crippen LogP contribution < -0.4 is 16.6 Å². The van der Waals surface area contributed by atoms with Gasteiger partial charge in [-0.05, 0) is 51.7 Å².